The molecule has 1 unspecified atom stereocenters. The third-order valence-corrected chi connectivity index (χ3v) is 1.84. The zero-order valence-corrected chi connectivity index (χ0v) is 10.8. The summed E-state index contributed by atoms with van der Waals surface area (Å²) in [6.45, 7) is 10.2. The molecule has 0 aliphatic rings. The van der Waals surface area contributed by atoms with Crippen LogP contribution in [0.2, 0.25) is 0 Å². The second-order valence-electron chi connectivity index (χ2n) is 4.90. The SMILES string of the molecule is CC(=O)NCCNC(C)C(=O)NC(C)(C)C. The van der Waals surface area contributed by atoms with Gasteiger partial charge in [-0.3, -0.25) is 9.59 Å². The van der Waals surface area contributed by atoms with E-state index in [1.165, 1.54) is 6.92 Å². The van der Waals surface area contributed by atoms with Crippen LogP contribution >= 0.6 is 0 Å². The molecule has 0 aromatic carbocycles. The first-order chi connectivity index (χ1) is 7.22. The van der Waals surface area contributed by atoms with Crippen LogP contribution in [0.4, 0.5) is 0 Å². The van der Waals surface area contributed by atoms with E-state index in [-0.39, 0.29) is 23.4 Å². The molecule has 0 spiro atoms. The van der Waals surface area contributed by atoms with Gasteiger partial charge in [-0.25, -0.2) is 0 Å². The van der Waals surface area contributed by atoms with Crippen LogP contribution in [0.15, 0.2) is 0 Å². The molecule has 3 N–H and O–H groups in total. The minimum absolute atomic E-state index is 0.0321. The van der Waals surface area contributed by atoms with E-state index in [9.17, 15) is 9.59 Å². The summed E-state index contributed by atoms with van der Waals surface area (Å²) in [5, 5.41) is 8.57. The lowest BCUT2D eigenvalue weighted by molar-refractivity contribution is -0.124. The van der Waals surface area contributed by atoms with Crippen LogP contribution < -0.4 is 16.0 Å². The van der Waals surface area contributed by atoms with E-state index >= 15 is 0 Å². The first-order valence-corrected chi connectivity index (χ1v) is 5.52. The highest BCUT2D eigenvalue weighted by Crippen LogP contribution is 1.98. The maximum absolute atomic E-state index is 11.6. The molecule has 0 fully saturated rings. The topological polar surface area (TPSA) is 70.2 Å². The predicted molar refractivity (Wildman–Crippen MR) is 64.0 cm³/mol. The molecule has 0 heterocycles. The molecule has 5 heteroatoms. The third kappa shape index (κ3) is 8.23. The molecule has 0 rings (SSSR count). The molecule has 0 aromatic rings. The Morgan fingerprint density at radius 1 is 1.19 bits per heavy atom. The summed E-state index contributed by atoms with van der Waals surface area (Å²) in [5.74, 6) is -0.0936. The number of rotatable bonds is 5. The van der Waals surface area contributed by atoms with E-state index in [4.69, 9.17) is 0 Å². The Kier molecular flexibility index (Phi) is 6.03. The van der Waals surface area contributed by atoms with Gasteiger partial charge in [0, 0.05) is 25.6 Å². The fourth-order valence-electron chi connectivity index (χ4n) is 1.10. The summed E-state index contributed by atoms with van der Waals surface area (Å²) in [6, 6.07) is -0.256. The van der Waals surface area contributed by atoms with Crippen molar-refractivity contribution in [3.63, 3.8) is 0 Å². The van der Waals surface area contributed by atoms with Gasteiger partial charge in [0.15, 0.2) is 0 Å². The van der Waals surface area contributed by atoms with Crippen molar-refractivity contribution in [1.82, 2.24) is 16.0 Å². The first-order valence-electron chi connectivity index (χ1n) is 5.52. The molecule has 0 saturated heterocycles. The van der Waals surface area contributed by atoms with Crippen LogP contribution in [0.25, 0.3) is 0 Å². The van der Waals surface area contributed by atoms with E-state index in [1.54, 1.807) is 6.92 Å². The Balaban J connectivity index is 3.76. The summed E-state index contributed by atoms with van der Waals surface area (Å²) in [6.07, 6.45) is 0. The maximum atomic E-state index is 11.6. The summed E-state index contributed by atoms with van der Waals surface area (Å²) in [4.78, 5) is 22.2. The van der Waals surface area contributed by atoms with Crippen LogP contribution in [-0.2, 0) is 9.59 Å². The van der Waals surface area contributed by atoms with Gasteiger partial charge in [-0.1, -0.05) is 0 Å². The minimum atomic E-state index is -0.256. The van der Waals surface area contributed by atoms with Crippen molar-refractivity contribution >= 4 is 11.8 Å². The lowest BCUT2D eigenvalue weighted by atomic mass is 10.1. The van der Waals surface area contributed by atoms with Crippen LogP contribution in [0.1, 0.15) is 34.6 Å². The zero-order chi connectivity index (χ0) is 12.8. The molecule has 0 aliphatic carbocycles. The smallest absolute Gasteiger partial charge is 0.237 e. The van der Waals surface area contributed by atoms with Crippen LogP contribution in [0.3, 0.4) is 0 Å². The molecule has 0 radical (unpaired) electrons. The van der Waals surface area contributed by atoms with Gasteiger partial charge in [-0.05, 0) is 27.7 Å². The van der Waals surface area contributed by atoms with Gasteiger partial charge in [0.05, 0.1) is 6.04 Å². The van der Waals surface area contributed by atoms with E-state index in [1.807, 2.05) is 20.8 Å². The summed E-state index contributed by atoms with van der Waals surface area (Å²) in [5.41, 5.74) is -0.218. The van der Waals surface area contributed by atoms with Crippen molar-refractivity contribution in [2.24, 2.45) is 0 Å². The molecule has 5 nitrogen and oxygen atoms in total. The van der Waals surface area contributed by atoms with E-state index in [0.29, 0.717) is 13.1 Å². The van der Waals surface area contributed by atoms with Gasteiger partial charge in [0.1, 0.15) is 0 Å². The van der Waals surface area contributed by atoms with Crippen molar-refractivity contribution in [2.45, 2.75) is 46.2 Å². The molecule has 0 bridgehead atoms. The standard InChI is InChI=1S/C11H23N3O2/c1-8(10(16)14-11(3,4)5)12-6-7-13-9(2)15/h8,12H,6-7H2,1-5H3,(H,13,15)(H,14,16). The van der Waals surface area contributed by atoms with Crippen molar-refractivity contribution in [3.8, 4) is 0 Å². The highest BCUT2D eigenvalue weighted by atomic mass is 16.2. The molecule has 0 aliphatic heterocycles. The lowest BCUT2D eigenvalue weighted by Gasteiger charge is -2.23. The first kappa shape index (κ1) is 14.9. The number of carbonyl (C=O) groups is 2. The second-order valence-corrected chi connectivity index (χ2v) is 4.90. The fraction of sp³-hybridized carbons (Fsp3) is 0.818. The monoisotopic (exact) mass is 229 g/mol. The van der Waals surface area contributed by atoms with Gasteiger partial charge in [0.2, 0.25) is 11.8 Å². The molecular weight excluding hydrogens is 206 g/mol. The van der Waals surface area contributed by atoms with Crippen LogP contribution in [0, 0.1) is 0 Å². The molecule has 0 aromatic heterocycles. The minimum Gasteiger partial charge on any atom is -0.355 e. The molecule has 16 heavy (non-hydrogen) atoms. The third-order valence-electron chi connectivity index (χ3n) is 1.84. The second kappa shape index (κ2) is 6.48. The molecular formula is C11H23N3O2. The van der Waals surface area contributed by atoms with Crippen LogP contribution in [-0.4, -0.2) is 36.5 Å². The Morgan fingerprint density at radius 3 is 2.19 bits per heavy atom. The van der Waals surface area contributed by atoms with Crippen molar-refractivity contribution in [3.05, 3.63) is 0 Å². The lowest BCUT2D eigenvalue weighted by Crippen LogP contribution is -2.50. The average Bonchev–Trinajstić information content (AvgIpc) is 2.08. The largest absolute Gasteiger partial charge is 0.355 e. The summed E-state index contributed by atoms with van der Waals surface area (Å²) in [7, 11) is 0. The molecule has 1 atom stereocenters. The van der Waals surface area contributed by atoms with Crippen molar-refractivity contribution < 1.29 is 9.59 Å². The Hall–Kier alpha value is -1.10. The quantitative estimate of drug-likeness (QED) is 0.582. The summed E-state index contributed by atoms with van der Waals surface area (Å²) >= 11 is 0. The van der Waals surface area contributed by atoms with Crippen molar-refractivity contribution in [2.75, 3.05) is 13.1 Å². The van der Waals surface area contributed by atoms with Gasteiger partial charge in [-0.2, -0.15) is 0 Å². The normalized spacial score (nSPS) is 13.1. The number of nitrogens with one attached hydrogen (secondary N) is 3. The highest BCUT2D eigenvalue weighted by Gasteiger charge is 2.18. The van der Waals surface area contributed by atoms with Gasteiger partial charge < -0.3 is 16.0 Å². The van der Waals surface area contributed by atoms with E-state index in [0.717, 1.165) is 0 Å². The molecule has 0 saturated carbocycles. The van der Waals surface area contributed by atoms with Gasteiger partial charge >= 0.3 is 0 Å². The highest BCUT2D eigenvalue weighted by molar-refractivity contribution is 5.81. The van der Waals surface area contributed by atoms with E-state index in [2.05, 4.69) is 16.0 Å². The number of amides is 2. The summed E-state index contributed by atoms with van der Waals surface area (Å²) < 4.78 is 0. The van der Waals surface area contributed by atoms with Crippen LogP contribution in [0.5, 0.6) is 0 Å². The zero-order valence-electron chi connectivity index (χ0n) is 10.8. The predicted octanol–water partition coefficient (Wildman–Crippen LogP) is 0.0153. The molecule has 2 amide bonds. The average molecular weight is 229 g/mol. The van der Waals surface area contributed by atoms with Crippen molar-refractivity contribution in [1.29, 1.82) is 0 Å². The molecule has 94 valence electrons. The number of hydrogen-bond acceptors (Lipinski definition) is 3. The fourth-order valence-corrected chi connectivity index (χ4v) is 1.10. The van der Waals surface area contributed by atoms with Gasteiger partial charge in [-0.15, -0.1) is 0 Å². The number of carbonyl (C=O) groups excluding carboxylic acids is 2. The Morgan fingerprint density at radius 2 is 1.75 bits per heavy atom. The van der Waals surface area contributed by atoms with E-state index < -0.39 is 0 Å². The van der Waals surface area contributed by atoms with Gasteiger partial charge in [0.25, 0.3) is 0 Å². The Labute approximate surface area is 97.4 Å². The Bertz CT molecular complexity index is 246. The number of hydrogen-bond donors (Lipinski definition) is 3. The maximum Gasteiger partial charge on any atom is 0.237 e.